The molecule has 7 aromatic carbocycles. The Morgan fingerprint density at radius 3 is 1.22 bits per heavy atom. The summed E-state index contributed by atoms with van der Waals surface area (Å²) in [6.07, 6.45) is 1.59. The number of hydrogen-bond acceptors (Lipinski definition) is 8. The van der Waals surface area contributed by atoms with Crippen molar-refractivity contribution in [2.75, 3.05) is 36.2 Å². The Bertz CT molecular complexity index is 3280. The highest BCUT2D eigenvalue weighted by Gasteiger charge is 2.50. The highest BCUT2D eigenvalue weighted by molar-refractivity contribution is 7.02. The zero-order valence-electron chi connectivity index (χ0n) is 39.9. The molecule has 0 atom stereocenters. The lowest BCUT2D eigenvalue weighted by Crippen LogP contribution is -2.60. The minimum atomic E-state index is -0.289. The molecule has 9 heteroatoms. The molecule has 0 aliphatic carbocycles. The smallest absolute Gasteiger partial charge is 0.262 e. The van der Waals surface area contributed by atoms with E-state index in [2.05, 4.69) is 191 Å². The largest absolute Gasteiger partial charge is 0.490 e. The molecule has 0 unspecified atom stereocenters. The van der Waals surface area contributed by atoms with E-state index in [1.165, 1.54) is 11.1 Å². The number of ether oxygens (including phenoxy) is 4. The van der Waals surface area contributed by atoms with Crippen molar-refractivity contribution in [2.45, 2.75) is 65.2 Å². The van der Waals surface area contributed by atoms with Gasteiger partial charge in [-0.1, -0.05) is 120 Å². The molecule has 4 aliphatic rings. The van der Waals surface area contributed by atoms with Crippen LogP contribution in [0.25, 0.3) is 44.2 Å². The third kappa shape index (κ3) is 6.64. The lowest BCUT2D eigenvalue weighted by atomic mass is 9.33. The highest BCUT2D eigenvalue weighted by Crippen LogP contribution is 2.54. The van der Waals surface area contributed by atoms with E-state index in [0.717, 1.165) is 119 Å². The zero-order valence-corrected chi connectivity index (χ0v) is 39.9. The fourth-order valence-electron chi connectivity index (χ4n) is 10.9. The Hall–Kier alpha value is -7.52. The molecule has 0 spiro atoms. The van der Waals surface area contributed by atoms with Gasteiger partial charge in [-0.15, -0.1) is 0 Å². The quantitative estimate of drug-likeness (QED) is 0.162. The van der Waals surface area contributed by atoms with Gasteiger partial charge in [0.05, 0.1) is 37.8 Å². The predicted molar refractivity (Wildman–Crippen MR) is 279 cm³/mol. The molecule has 0 radical (unpaired) electrons. The summed E-state index contributed by atoms with van der Waals surface area (Å²) in [5.74, 6) is 4.41. The summed E-state index contributed by atoms with van der Waals surface area (Å²) in [4.78, 5) is 4.69. The van der Waals surface area contributed by atoms with Crippen LogP contribution in [0.3, 0.4) is 0 Å². The van der Waals surface area contributed by atoms with Crippen LogP contribution in [0, 0.1) is 0 Å². The van der Waals surface area contributed by atoms with Crippen molar-refractivity contribution in [2.24, 2.45) is 0 Å². The molecule has 342 valence electrons. The molecule has 0 saturated carbocycles. The molecule has 6 heterocycles. The summed E-state index contributed by atoms with van der Waals surface area (Å²) in [7, 11) is 0. The van der Waals surface area contributed by atoms with Gasteiger partial charge in [-0.05, 0) is 87.1 Å². The Balaban J connectivity index is 1.18. The van der Waals surface area contributed by atoms with Crippen LogP contribution in [0.15, 0.2) is 148 Å². The maximum absolute atomic E-state index is 7.36. The number of rotatable bonds is 4. The summed E-state index contributed by atoms with van der Waals surface area (Å²) in [6.45, 7) is 15.7. The van der Waals surface area contributed by atoms with E-state index in [-0.39, 0.29) is 17.5 Å². The first kappa shape index (κ1) is 41.7. The SMILES string of the molecule is CC(C)(C)c1ccc2oc3c(c2c1)B1c2c(cccc2N(c2cc4c(cc2-c2ccccc2)OCCCO4)c2oc4ccc(C(C)(C)C)cc4c21)N3c1cc2c(cc1-c1ccccc1)OCCCO2. The van der Waals surface area contributed by atoms with Gasteiger partial charge in [0, 0.05) is 69.2 Å². The Kier molecular flexibility index (Phi) is 9.36. The van der Waals surface area contributed by atoms with Crippen LogP contribution in [-0.4, -0.2) is 33.1 Å². The van der Waals surface area contributed by atoms with Crippen LogP contribution in [0.5, 0.6) is 23.0 Å². The Morgan fingerprint density at radius 1 is 0.406 bits per heavy atom. The molecule has 0 N–H and O–H groups in total. The van der Waals surface area contributed by atoms with Gasteiger partial charge in [-0.25, -0.2) is 0 Å². The number of benzene rings is 7. The van der Waals surface area contributed by atoms with E-state index in [4.69, 9.17) is 27.8 Å². The second-order valence-corrected chi connectivity index (χ2v) is 20.8. The van der Waals surface area contributed by atoms with Crippen molar-refractivity contribution in [3.8, 4) is 45.3 Å². The summed E-state index contributed by atoms with van der Waals surface area (Å²) in [5.41, 5.74) is 15.2. The molecular formula is C60H53BN2O6. The molecule has 2 aromatic heterocycles. The molecule has 9 aromatic rings. The topological polar surface area (TPSA) is 69.7 Å². The summed E-state index contributed by atoms with van der Waals surface area (Å²) >= 11 is 0. The zero-order chi connectivity index (χ0) is 46.8. The van der Waals surface area contributed by atoms with Crippen molar-refractivity contribution in [1.82, 2.24) is 0 Å². The van der Waals surface area contributed by atoms with Crippen LogP contribution in [0.2, 0.25) is 0 Å². The molecule has 0 fully saturated rings. The number of furan rings is 2. The van der Waals surface area contributed by atoms with Crippen LogP contribution in [0.4, 0.5) is 34.5 Å². The van der Waals surface area contributed by atoms with Crippen LogP contribution in [-0.2, 0) is 10.8 Å². The molecule has 8 nitrogen and oxygen atoms in total. The third-order valence-electron chi connectivity index (χ3n) is 14.3. The molecule has 0 saturated heterocycles. The van der Waals surface area contributed by atoms with Crippen molar-refractivity contribution >= 4 is 79.6 Å². The van der Waals surface area contributed by atoms with Gasteiger partial charge in [0.15, 0.2) is 23.0 Å². The van der Waals surface area contributed by atoms with Crippen molar-refractivity contribution in [3.63, 3.8) is 0 Å². The van der Waals surface area contributed by atoms with Gasteiger partial charge in [0.25, 0.3) is 6.71 Å². The van der Waals surface area contributed by atoms with Crippen molar-refractivity contribution in [3.05, 3.63) is 151 Å². The first-order valence-corrected chi connectivity index (χ1v) is 24.3. The maximum Gasteiger partial charge on any atom is 0.262 e. The molecule has 13 rings (SSSR count). The van der Waals surface area contributed by atoms with Crippen LogP contribution in [0.1, 0.15) is 65.5 Å². The van der Waals surface area contributed by atoms with Gasteiger partial charge in [0.2, 0.25) is 11.8 Å². The Labute approximate surface area is 403 Å². The van der Waals surface area contributed by atoms with Gasteiger partial charge >= 0.3 is 0 Å². The summed E-state index contributed by atoms with van der Waals surface area (Å²) in [5, 5.41) is 2.15. The minimum Gasteiger partial charge on any atom is -0.490 e. The van der Waals surface area contributed by atoms with E-state index in [1.54, 1.807) is 0 Å². The van der Waals surface area contributed by atoms with Gasteiger partial charge < -0.3 is 27.8 Å². The lowest BCUT2D eigenvalue weighted by Gasteiger charge is -2.41. The molecule has 69 heavy (non-hydrogen) atoms. The summed E-state index contributed by atoms with van der Waals surface area (Å²) in [6, 6.07) is 49.9. The highest BCUT2D eigenvalue weighted by atomic mass is 16.5. The number of fused-ring (bicyclic) bond motifs is 10. The van der Waals surface area contributed by atoms with E-state index in [1.807, 2.05) is 0 Å². The van der Waals surface area contributed by atoms with Gasteiger partial charge in [-0.3, -0.25) is 9.80 Å². The van der Waals surface area contributed by atoms with E-state index < -0.39 is 0 Å². The van der Waals surface area contributed by atoms with Crippen molar-refractivity contribution < 1.29 is 27.8 Å². The maximum atomic E-state index is 7.36. The molecule has 0 bridgehead atoms. The fourth-order valence-corrected chi connectivity index (χ4v) is 10.9. The first-order valence-electron chi connectivity index (χ1n) is 24.3. The average Bonchev–Trinajstić information content (AvgIpc) is 3.71. The van der Waals surface area contributed by atoms with E-state index in [0.29, 0.717) is 37.9 Å². The van der Waals surface area contributed by atoms with Gasteiger partial charge in [-0.2, -0.15) is 0 Å². The van der Waals surface area contributed by atoms with E-state index >= 15 is 0 Å². The second kappa shape index (κ2) is 15.5. The average molecular weight is 909 g/mol. The third-order valence-corrected chi connectivity index (χ3v) is 14.3. The van der Waals surface area contributed by atoms with E-state index in [9.17, 15) is 0 Å². The molecule has 4 aliphatic heterocycles. The lowest BCUT2D eigenvalue weighted by molar-refractivity contribution is 0.296. The standard InChI is InChI=1S/C60H53BN2O6/c1-59(2,3)38-22-24-48-42(30-38)54-57(68-48)62(46-34-52-50(64-26-14-28-66-52)32-40(46)36-16-9-7-10-17-36)44-20-13-21-45-56(44)61(54)55-43-31-39(60(4,5)6)23-25-49(43)69-58(55)63(45)47-35-53-51(65-27-15-29-67-53)33-41(47)37-18-11-8-12-19-37/h7-13,16-25,30-35H,14-15,26-29H2,1-6H3. The minimum absolute atomic E-state index is 0.117. The van der Waals surface area contributed by atoms with Crippen LogP contribution < -0.4 is 45.1 Å². The second-order valence-electron chi connectivity index (χ2n) is 20.8. The van der Waals surface area contributed by atoms with Crippen molar-refractivity contribution in [1.29, 1.82) is 0 Å². The Morgan fingerprint density at radius 2 is 0.812 bits per heavy atom. The predicted octanol–water partition coefficient (Wildman–Crippen LogP) is 13.5. The first-order chi connectivity index (χ1) is 33.5. The number of hydrogen-bond donors (Lipinski definition) is 0. The number of anilines is 6. The van der Waals surface area contributed by atoms with Gasteiger partial charge in [0.1, 0.15) is 11.2 Å². The normalized spacial score (nSPS) is 15.1. The van der Waals surface area contributed by atoms with Crippen LogP contribution >= 0.6 is 0 Å². The molecular weight excluding hydrogens is 855 g/mol. The fraction of sp³-hybridized carbons (Fsp3) is 0.233. The monoisotopic (exact) mass is 908 g/mol. The number of nitrogens with zero attached hydrogens (tertiary/aromatic N) is 2. The summed E-state index contributed by atoms with van der Waals surface area (Å²) < 4.78 is 40.6. The molecule has 0 amide bonds.